The Hall–Kier alpha value is -0.760. The van der Waals surface area contributed by atoms with E-state index in [0.29, 0.717) is 11.2 Å². The molecule has 2 rings (SSSR count). The molecule has 1 fully saturated rings. The summed E-state index contributed by atoms with van der Waals surface area (Å²) in [6, 6.07) is 4.60. The zero-order valence-corrected chi connectivity index (χ0v) is 10.0. The number of pyridine rings is 1. The lowest BCUT2D eigenvalue weighted by Gasteiger charge is -2.38. The number of hydrogen-bond acceptors (Lipinski definition) is 2. The molecular weight excluding hydrogens is 208 g/mol. The van der Waals surface area contributed by atoms with Crippen molar-refractivity contribution in [3.05, 3.63) is 23.5 Å². The SMILES string of the molecule is CC1CCN(c2ccnc(Cl)c2)C(C)C1. The van der Waals surface area contributed by atoms with Crippen molar-refractivity contribution in [2.75, 3.05) is 11.4 Å². The summed E-state index contributed by atoms with van der Waals surface area (Å²) in [6.07, 6.45) is 4.31. The van der Waals surface area contributed by atoms with Crippen LogP contribution in [0.3, 0.4) is 0 Å². The Morgan fingerprint density at radius 3 is 2.93 bits per heavy atom. The standard InChI is InChI=1S/C12H17ClN2/c1-9-4-6-15(10(2)7-9)11-3-5-14-12(13)8-11/h3,5,8-10H,4,6-7H2,1-2H3. The van der Waals surface area contributed by atoms with Gasteiger partial charge in [-0.05, 0) is 37.8 Å². The fourth-order valence-corrected chi connectivity index (χ4v) is 2.53. The van der Waals surface area contributed by atoms with E-state index in [2.05, 4.69) is 23.7 Å². The van der Waals surface area contributed by atoms with Gasteiger partial charge in [-0.15, -0.1) is 0 Å². The highest BCUT2D eigenvalue weighted by molar-refractivity contribution is 6.29. The van der Waals surface area contributed by atoms with Crippen LogP contribution in [0.5, 0.6) is 0 Å². The maximum absolute atomic E-state index is 5.90. The highest BCUT2D eigenvalue weighted by atomic mass is 35.5. The third-order valence-corrected chi connectivity index (χ3v) is 3.39. The summed E-state index contributed by atoms with van der Waals surface area (Å²) in [4.78, 5) is 6.44. The van der Waals surface area contributed by atoms with Gasteiger partial charge in [0.1, 0.15) is 5.15 Å². The van der Waals surface area contributed by atoms with Crippen LogP contribution in [0.1, 0.15) is 26.7 Å². The van der Waals surface area contributed by atoms with Crippen LogP contribution in [-0.4, -0.2) is 17.6 Å². The zero-order chi connectivity index (χ0) is 10.8. The highest BCUT2D eigenvalue weighted by Gasteiger charge is 2.22. The largest absolute Gasteiger partial charge is 0.369 e. The molecule has 2 nitrogen and oxygen atoms in total. The predicted molar refractivity (Wildman–Crippen MR) is 64.5 cm³/mol. The fraction of sp³-hybridized carbons (Fsp3) is 0.583. The van der Waals surface area contributed by atoms with E-state index in [-0.39, 0.29) is 0 Å². The minimum absolute atomic E-state index is 0.582. The molecule has 1 aromatic heterocycles. The van der Waals surface area contributed by atoms with Crippen LogP contribution in [0, 0.1) is 5.92 Å². The van der Waals surface area contributed by atoms with Crippen molar-refractivity contribution in [3.8, 4) is 0 Å². The number of hydrogen-bond donors (Lipinski definition) is 0. The van der Waals surface area contributed by atoms with Gasteiger partial charge in [-0.3, -0.25) is 0 Å². The molecule has 1 aromatic rings. The first-order chi connectivity index (χ1) is 7.16. The van der Waals surface area contributed by atoms with Gasteiger partial charge in [-0.25, -0.2) is 4.98 Å². The average Bonchev–Trinajstić information content (AvgIpc) is 2.17. The molecule has 0 aromatic carbocycles. The molecule has 1 aliphatic heterocycles. The second-order valence-corrected chi connectivity index (χ2v) is 4.90. The molecule has 0 radical (unpaired) electrons. The molecule has 0 spiro atoms. The number of piperidine rings is 1. The summed E-state index contributed by atoms with van der Waals surface area (Å²) in [6.45, 7) is 5.74. The number of halogens is 1. The van der Waals surface area contributed by atoms with Crippen LogP contribution in [0.4, 0.5) is 5.69 Å². The first-order valence-electron chi connectivity index (χ1n) is 5.55. The van der Waals surface area contributed by atoms with Gasteiger partial charge in [0.25, 0.3) is 0 Å². The zero-order valence-electron chi connectivity index (χ0n) is 9.28. The normalized spacial score (nSPS) is 26.7. The average molecular weight is 225 g/mol. The third-order valence-electron chi connectivity index (χ3n) is 3.18. The maximum atomic E-state index is 5.90. The fourth-order valence-electron chi connectivity index (χ4n) is 2.36. The Labute approximate surface area is 96.3 Å². The van der Waals surface area contributed by atoms with Crippen LogP contribution in [0.25, 0.3) is 0 Å². The van der Waals surface area contributed by atoms with Gasteiger partial charge in [0.05, 0.1) is 0 Å². The summed E-state index contributed by atoms with van der Waals surface area (Å²) >= 11 is 5.90. The van der Waals surface area contributed by atoms with Gasteiger partial charge < -0.3 is 4.90 Å². The number of rotatable bonds is 1. The monoisotopic (exact) mass is 224 g/mol. The molecule has 2 heterocycles. The molecule has 0 N–H and O–H groups in total. The van der Waals surface area contributed by atoms with E-state index in [1.807, 2.05) is 12.1 Å². The van der Waals surface area contributed by atoms with E-state index in [1.165, 1.54) is 18.5 Å². The molecule has 82 valence electrons. The summed E-state index contributed by atoms with van der Waals surface area (Å²) < 4.78 is 0. The smallest absolute Gasteiger partial charge is 0.131 e. The van der Waals surface area contributed by atoms with E-state index in [4.69, 9.17) is 11.6 Å². The van der Waals surface area contributed by atoms with Crippen LogP contribution < -0.4 is 4.90 Å². The molecule has 3 heteroatoms. The Morgan fingerprint density at radius 1 is 1.47 bits per heavy atom. The van der Waals surface area contributed by atoms with Gasteiger partial charge in [0.2, 0.25) is 0 Å². The molecule has 2 unspecified atom stereocenters. The Bertz CT molecular complexity index is 340. The second-order valence-electron chi connectivity index (χ2n) is 4.51. The van der Waals surface area contributed by atoms with Crippen molar-refractivity contribution in [2.24, 2.45) is 5.92 Å². The van der Waals surface area contributed by atoms with Gasteiger partial charge in [0, 0.05) is 24.5 Å². The van der Waals surface area contributed by atoms with Gasteiger partial charge >= 0.3 is 0 Å². The summed E-state index contributed by atoms with van der Waals surface area (Å²) in [7, 11) is 0. The van der Waals surface area contributed by atoms with Gasteiger partial charge in [-0.2, -0.15) is 0 Å². The van der Waals surface area contributed by atoms with Crippen LogP contribution in [0.15, 0.2) is 18.3 Å². The van der Waals surface area contributed by atoms with E-state index < -0.39 is 0 Å². The molecule has 15 heavy (non-hydrogen) atoms. The number of anilines is 1. The molecule has 1 aliphatic rings. The van der Waals surface area contributed by atoms with Crippen molar-refractivity contribution in [1.82, 2.24) is 4.98 Å². The molecule has 0 amide bonds. The lowest BCUT2D eigenvalue weighted by Crippen LogP contribution is -2.40. The Balaban J connectivity index is 2.17. The molecule has 0 aliphatic carbocycles. The first-order valence-corrected chi connectivity index (χ1v) is 5.93. The first kappa shape index (κ1) is 10.7. The maximum Gasteiger partial charge on any atom is 0.131 e. The topological polar surface area (TPSA) is 16.1 Å². The second kappa shape index (κ2) is 4.40. The Morgan fingerprint density at radius 2 is 2.27 bits per heavy atom. The van der Waals surface area contributed by atoms with E-state index >= 15 is 0 Å². The molecule has 2 atom stereocenters. The summed E-state index contributed by atoms with van der Waals surface area (Å²) in [5, 5.41) is 0.582. The van der Waals surface area contributed by atoms with Crippen molar-refractivity contribution in [1.29, 1.82) is 0 Å². The number of aromatic nitrogens is 1. The van der Waals surface area contributed by atoms with E-state index in [9.17, 15) is 0 Å². The number of nitrogens with zero attached hydrogens (tertiary/aromatic N) is 2. The third kappa shape index (κ3) is 2.43. The van der Waals surface area contributed by atoms with Crippen molar-refractivity contribution in [3.63, 3.8) is 0 Å². The minimum Gasteiger partial charge on any atom is -0.369 e. The summed E-state index contributed by atoms with van der Waals surface area (Å²) in [5.41, 5.74) is 1.20. The highest BCUT2D eigenvalue weighted by Crippen LogP contribution is 2.28. The predicted octanol–water partition coefficient (Wildman–Crippen LogP) is 3.36. The molecule has 0 saturated carbocycles. The van der Waals surface area contributed by atoms with Crippen LogP contribution >= 0.6 is 11.6 Å². The van der Waals surface area contributed by atoms with E-state index in [1.54, 1.807) is 6.20 Å². The quantitative estimate of drug-likeness (QED) is 0.680. The van der Waals surface area contributed by atoms with Crippen LogP contribution in [0.2, 0.25) is 5.15 Å². The molecule has 1 saturated heterocycles. The minimum atomic E-state index is 0.582. The lowest BCUT2D eigenvalue weighted by atomic mass is 9.93. The van der Waals surface area contributed by atoms with E-state index in [0.717, 1.165) is 12.5 Å². The lowest BCUT2D eigenvalue weighted by molar-refractivity contribution is 0.378. The van der Waals surface area contributed by atoms with Gasteiger partial charge in [0.15, 0.2) is 0 Å². The van der Waals surface area contributed by atoms with Crippen molar-refractivity contribution < 1.29 is 0 Å². The van der Waals surface area contributed by atoms with Crippen molar-refractivity contribution in [2.45, 2.75) is 32.7 Å². The Kier molecular flexibility index (Phi) is 3.15. The van der Waals surface area contributed by atoms with Crippen molar-refractivity contribution >= 4 is 17.3 Å². The van der Waals surface area contributed by atoms with Gasteiger partial charge in [-0.1, -0.05) is 18.5 Å². The molecular formula is C12H17ClN2. The molecule has 0 bridgehead atoms. The summed E-state index contributed by atoms with van der Waals surface area (Å²) in [5.74, 6) is 0.841. The van der Waals surface area contributed by atoms with Crippen LogP contribution in [-0.2, 0) is 0 Å².